The summed E-state index contributed by atoms with van der Waals surface area (Å²) < 4.78 is 10.7. The van der Waals surface area contributed by atoms with Gasteiger partial charge in [-0.15, -0.1) is 11.3 Å². The Morgan fingerprint density at radius 1 is 1.21 bits per heavy atom. The highest BCUT2D eigenvalue weighted by Gasteiger charge is 2.22. The minimum Gasteiger partial charge on any atom is -0.497 e. The standard InChI is InChI=1S/C20H26N4O4S/c1-27-13-6-7-14(16(9-13)28-2)17-10-15(19(29-17)24-20(21)26)18(25)23-12-5-3-4-8-22-11-12/h6-7,9-10,12,22H,3-5,8,11H2,1-2H3,(H,23,25)(H3,21,24,26)/t12-/m0/s1. The van der Waals surface area contributed by atoms with Crippen LogP contribution in [0.25, 0.3) is 10.4 Å². The van der Waals surface area contributed by atoms with E-state index in [1.807, 2.05) is 12.1 Å². The highest BCUT2D eigenvalue weighted by Crippen LogP contribution is 2.41. The van der Waals surface area contributed by atoms with E-state index in [2.05, 4.69) is 16.0 Å². The van der Waals surface area contributed by atoms with Crippen LogP contribution < -0.4 is 31.2 Å². The van der Waals surface area contributed by atoms with Crippen LogP contribution in [0.5, 0.6) is 11.5 Å². The molecule has 2 heterocycles. The van der Waals surface area contributed by atoms with Crippen molar-refractivity contribution >= 4 is 28.3 Å². The fraction of sp³-hybridized carbons (Fsp3) is 0.400. The Balaban J connectivity index is 1.92. The number of ether oxygens (including phenoxy) is 2. The summed E-state index contributed by atoms with van der Waals surface area (Å²) in [7, 11) is 3.15. The number of primary amides is 1. The fourth-order valence-electron chi connectivity index (χ4n) is 3.30. The Morgan fingerprint density at radius 2 is 2.03 bits per heavy atom. The Morgan fingerprint density at radius 3 is 2.76 bits per heavy atom. The van der Waals surface area contributed by atoms with Gasteiger partial charge in [0.05, 0.1) is 19.8 Å². The first-order valence-electron chi connectivity index (χ1n) is 9.46. The number of amides is 3. The lowest BCUT2D eigenvalue weighted by atomic mass is 10.1. The lowest BCUT2D eigenvalue weighted by Gasteiger charge is -2.16. The summed E-state index contributed by atoms with van der Waals surface area (Å²) in [5.74, 6) is 1.03. The summed E-state index contributed by atoms with van der Waals surface area (Å²) in [5.41, 5.74) is 6.49. The second-order valence-corrected chi connectivity index (χ2v) is 7.83. The van der Waals surface area contributed by atoms with E-state index in [1.54, 1.807) is 26.4 Å². The molecule has 1 aliphatic heterocycles. The molecule has 5 N–H and O–H groups in total. The van der Waals surface area contributed by atoms with Gasteiger partial charge in [0, 0.05) is 29.1 Å². The molecule has 1 atom stereocenters. The number of nitrogens with one attached hydrogen (secondary N) is 3. The summed E-state index contributed by atoms with van der Waals surface area (Å²) >= 11 is 1.27. The van der Waals surface area contributed by atoms with E-state index < -0.39 is 6.03 Å². The van der Waals surface area contributed by atoms with Crippen molar-refractivity contribution in [1.29, 1.82) is 0 Å². The first-order valence-corrected chi connectivity index (χ1v) is 10.3. The number of carbonyl (C=O) groups excluding carboxylic acids is 2. The van der Waals surface area contributed by atoms with Crippen molar-refractivity contribution in [3.63, 3.8) is 0 Å². The Kier molecular flexibility index (Phi) is 6.95. The molecule has 3 rings (SSSR count). The summed E-state index contributed by atoms with van der Waals surface area (Å²) in [5, 5.41) is 9.37. The predicted octanol–water partition coefficient (Wildman–Crippen LogP) is 2.79. The Bertz CT molecular complexity index is 875. The third-order valence-corrected chi connectivity index (χ3v) is 5.85. The molecule has 29 heavy (non-hydrogen) atoms. The maximum absolute atomic E-state index is 13.0. The molecule has 0 radical (unpaired) electrons. The van der Waals surface area contributed by atoms with Crippen LogP contribution in [0.2, 0.25) is 0 Å². The zero-order valence-electron chi connectivity index (χ0n) is 16.5. The number of nitrogens with two attached hydrogens (primary N) is 1. The topological polar surface area (TPSA) is 115 Å². The molecule has 2 aromatic rings. The molecular weight excluding hydrogens is 392 g/mol. The number of anilines is 1. The predicted molar refractivity (Wildman–Crippen MR) is 114 cm³/mol. The van der Waals surface area contributed by atoms with Gasteiger partial charge in [-0.2, -0.15) is 0 Å². The van der Waals surface area contributed by atoms with Gasteiger partial charge < -0.3 is 25.8 Å². The number of methoxy groups -OCH3 is 2. The second kappa shape index (κ2) is 9.62. The van der Waals surface area contributed by atoms with Gasteiger partial charge in [0.15, 0.2) is 0 Å². The molecule has 1 saturated heterocycles. The van der Waals surface area contributed by atoms with E-state index in [0.717, 1.165) is 42.8 Å². The summed E-state index contributed by atoms with van der Waals surface area (Å²) in [6.45, 7) is 1.69. The van der Waals surface area contributed by atoms with Gasteiger partial charge in [0.1, 0.15) is 16.5 Å². The van der Waals surface area contributed by atoms with Gasteiger partial charge in [0.2, 0.25) is 0 Å². The maximum Gasteiger partial charge on any atom is 0.317 e. The van der Waals surface area contributed by atoms with Crippen molar-refractivity contribution in [2.45, 2.75) is 25.3 Å². The molecule has 3 amide bonds. The van der Waals surface area contributed by atoms with Crippen molar-refractivity contribution in [3.8, 4) is 21.9 Å². The van der Waals surface area contributed by atoms with Crippen molar-refractivity contribution in [2.24, 2.45) is 5.73 Å². The molecule has 1 aromatic heterocycles. The lowest BCUT2D eigenvalue weighted by Crippen LogP contribution is -2.41. The quantitative estimate of drug-likeness (QED) is 0.576. The third kappa shape index (κ3) is 5.18. The maximum atomic E-state index is 13.0. The number of carbonyl (C=O) groups is 2. The molecule has 1 fully saturated rings. The Hall–Kier alpha value is -2.78. The van der Waals surface area contributed by atoms with Crippen LogP contribution in [0.1, 0.15) is 29.6 Å². The van der Waals surface area contributed by atoms with E-state index in [0.29, 0.717) is 22.1 Å². The monoisotopic (exact) mass is 418 g/mol. The summed E-state index contributed by atoms with van der Waals surface area (Å²) in [6, 6.07) is 6.52. The van der Waals surface area contributed by atoms with Crippen molar-refractivity contribution < 1.29 is 19.1 Å². The molecule has 0 unspecified atom stereocenters. The number of hydrogen-bond donors (Lipinski definition) is 4. The van der Waals surface area contributed by atoms with Gasteiger partial charge in [-0.1, -0.05) is 6.42 Å². The fourth-order valence-corrected chi connectivity index (χ4v) is 4.39. The number of urea groups is 1. The molecule has 156 valence electrons. The van der Waals surface area contributed by atoms with Crippen molar-refractivity contribution in [1.82, 2.24) is 10.6 Å². The SMILES string of the molecule is COc1ccc(-c2cc(C(=O)N[C@H]3CCCCNC3)c(NC(N)=O)s2)c(OC)c1. The molecule has 0 aliphatic carbocycles. The third-order valence-electron chi connectivity index (χ3n) is 4.77. The zero-order chi connectivity index (χ0) is 20.8. The average Bonchev–Trinajstić information content (AvgIpc) is 2.94. The molecule has 1 aromatic carbocycles. The van der Waals surface area contributed by atoms with Crippen LogP contribution in [-0.4, -0.2) is 45.3 Å². The van der Waals surface area contributed by atoms with Crippen LogP contribution in [0, 0.1) is 0 Å². The smallest absolute Gasteiger partial charge is 0.317 e. The number of benzene rings is 1. The summed E-state index contributed by atoms with van der Waals surface area (Å²) in [4.78, 5) is 25.2. The van der Waals surface area contributed by atoms with E-state index in [-0.39, 0.29) is 11.9 Å². The highest BCUT2D eigenvalue weighted by atomic mass is 32.1. The van der Waals surface area contributed by atoms with Crippen LogP contribution >= 0.6 is 11.3 Å². The molecule has 0 spiro atoms. The number of thiophene rings is 1. The minimum atomic E-state index is -0.717. The van der Waals surface area contributed by atoms with E-state index in [9.17, 15) is 9.59 Å². The zero-order valence-corrected chi connectivity index (χ0v) is 17.4. The van der Waals surface area contributed by atoms with Gasteiger partial charge >= 0.3 is 6.03 Å². The van der Waals surface area contributed by atoms with Crippen LogP contribution in [0.4, 0.5) is 9.80 Å². The molecule has 0 saturated carbocycles. The number of hydrogen-bond acceptors (Lipinski definition) is 6. The number of rotatable bonds is 6. The van der Waals surface area contributed by atoms with Gasteiger partial charge in [-0.3, -0.25) is 10.1 Å². The molecule has 1 aliphatic rings. The molecule has 8 nitrogen and oxygen atoms in total. The van der Waals surface area contributed by atoms with Crippen LogP contribution in [0.3, 0.4) is 0 Å². The van der Waals surface area contributed by atoms with E-state index >= 15 is 0 Å². The second-order valence-electron chi connectivity index (χ2n) is 6.78. The van der Waals surface area contributed by atoms with Gasteiger partial charge in [0.25, 0.3) is 5.91 Å². The first-order chi connectivity index (χ1) is 14.0. The first kappa shape index (κ1) is 20.9. The molecule has 0 bridgehead atoms. The van der Waals surface area contributed by atoms with E-state index in [1.165, 1.54) is 11.3 Å². The highest BCUT2D eigenvalue weighted by molar-refractivity contribution is 7.20. The van der Waals surface area contributed by atoms with Crippen molar-refractivity contribution in [3.05, 3.63) is 29.8 Å². The largest absolute Gasteiger partial charge is 0.497 e. The molecular formula is C20H26N4O4S. The Labute approximate surface area is 173 Å². The van der Waals surface area contributed by atoms with Gasteiger partial charge in [-0.05, 0) is 37.6 Å². The minimum absolute atomic E-state index is 0.0466. The van der Waals surface area contributed by atoms with Crippen molar-refractivity contribution in [2.75, 3.05) is 32.6 Å². The van der Waals surface area contributed by atoms with Gasteiger partial charge in [-0.25, -0.2) is 4.79 Å². The lowest BCUT2D eigenvalue weighted by molar-refractivity contribution is 0.0937. The van der Waals surface area contributed by atoms with Crippen LogP contribution in [0.15, 0.2) is 24.3 Å². The average molecular weight is 419 g/mol. The normalized spacial score (nSPS) is 16.6. The summed E-state index contributed by atoms with van der Waals surface area (Å²) in [6.07, 6.45) is 3.07. The molecule has 9 heteroatoms. The van der Waals surface area contributed by atoms with Crippen LogP contribution in [-0.2, 0) is 0 Å². The van der Waals surface area contributed by atoms with E-state index in [4.69, 9.17) is 15.2 Å².